The highest BCUT2D eigenvalue weighted by Gasteiger charge is 2.27. The molecule has 1 rings (SSSR count). The van der Waals surface area contributed by atoms with Gasteiger partial charge in [-0.25, -0.2) is 4.79 Å². The number of aliphatic hydroxyl groups is 1. The molecule has 0 heterocycles. The van der Waals surface area contributed by atoms with Gasteiger partial charge in [-0.05, 0) is 18.0 Å². The van der Waals surface area contributed by atoms with Crippen LogP contribution < -0.4 is 0 Å². The summed E-state index contributed by atoms with van der Waals surface area (Å²) in [6, 6.07) is 7.61. The van der Waals surface area contributed by atoms with Crippen molar-refractivity contribution in [2.75, 3.05) is 6.61 Å². The molecule has 0 bridgehead atoms. The second-order valence-electron chi connectivity index (χ2n) is 3.26. The molecule has 1 aromatic carbocycles. The van der Waals surface area contributed by atoms with Crippen molar-refractivity contribution in [3.63, 3.8) is 0 Å². The second-order valence-corrected chi connectivity index (χ2v) is 3.26. The van der Waals surface area contributed by atoms with Crippen LogP contribution in [0.5, 0.6) is 0 Å². The molecule has 0 aliphatic rings. The van der Waals surface area contributed by atoms with Gasteiger partial charge in [-0.3, -0.25) is 0 Å². The molecule has 0 fully saturated rings. The summed E-state index contributed by atoms with van der Waals surface area (Å²) in [4.78, 5) is 14.0. The van der Waals surface area contributed by atoms with Crippen molar-refractivity contribution in [1.29, 1.82) is 0 Å². The number of azide groups is 1. The Hall–Kier alpha value is -2.04. The number of rotatable bonds is 5. The molecule has 0 saturated carbocycles. The highest BCUT2D eigenvalue weighted by Crippen LogP contribution is 2.22. The van der Waals surface area contributed by atoms with Crippen LogP contribution in [-0.4, -0.2) is 23.8 Å². The Balaban J connectivity index is 2.94. The van der Waals surface area contributed by atoms with Gasteiger partial charge in [0, 0.05) is 4.91 Å². The van der Waals surface area contributed by atoms with E-state index in [4.69, 9.17) is 5.53 Å². The van der Waals surface area contributed by atoms with Gasteiger partial charge in [-0.1, -0.05) is 35.4 Å². The molecule has 0 amide bonds. The Bertz CT molecular complexity index is 415. The minimum Gasteiger partial charge on any atom is -0.464 e. The van der Waals surface area contributed by atoms with E-state index in [0.717, 1.165) is 0 Å². The summed E-state index contributed by atoms with van der Waals surface area (Å²) in [6.07, 6.45) is -1.49. The molecule has 17 heavy (non-hydrogen) atoms. The second kappa shape index (κ2) is 6.52. The number of hydrogen-bond donors (Lipinski definition) is 1. The first-order valence-electron chi connectivity index (χ1n) is 5.14. The molecule has 0 aliphatic carbocycles. The monoisotopic (exact) mass is 235 g/mol. The molecule has 0 aromatic heterocycles. The molecule has 1 aromatic rings. The summed E-state index contributed by atoms with van der Waals surface area (Å²) in [6.45, 7) is 1.80. The Morgan fingerprint density at radius 3 is 2.71 bits per heavy atom. The smallest absolute Gasteiger partial charge is 0.335 e. The van der Waals surface area contributed by atoms with Crippen molar-refractivity contribution in [3.05, 3.63) is 46.3 Å². The summed E-state index contributed by atoms with van der Waals surface area (Å²) < 4.78 is 4.68. The van der Waals surface area contributed by atoms with Crippen molar-refractivity contribution in [1.82, 2.24) is 0 Å². The van der Waals surface area contributed by atoms with E-state index >= 15 is 0 Å². The molecule has 0 radical (unpaired) electrons. The van der Waals surface area contributed by atoms with Gasteiger partial charge in [0.25, 0.3) is 0 Å². The Kier molecular flexibility index (Phi) is 5.00. The van der Waals surface area contributed by atoms with Crippen molar-refractivity contribution < 1.29 is 14.6 Å². The van der Waals surface area contributed by atoms with E-state index in [9.17, 15) is 9.90 Å². The predicted octanol–water partition coefficient (Wildman–Crippen LogP) is 1.96. The molecule has 2 unspecified atom stereocenters. The number of carbonyl (C=O) groups is 1. The van der Waals surface area contributed by atoms with Gasteiger partial charge in [0.15, 0.2) is 6.10 Å². The Labute approximate surface area is 98.5 Å². The van der Waals surface area contributed by atoms with Crippen LogP contribution in [0.2, 0.25) is 0 Å². The third-order valence-electron chi connectivity index (χ3n) is 2.14. The number of ether oxygens (including phenoxy) is 1. The SMILES string of the molecule is CCOC(=O)C(O)C(N=[N+]=[N-])c1ccccc1. The first-order valence-corrected chi connectivity index (χ1v) is 5.14. The van der Waals surface area contributed by atoms with E-state index in [2.05, 4.69) is 14.8 Å². The van der Waals surface area contributed by atoms with Crippen molar-refractivity contribution in [2.45, 2.75) is 19.1 Å². The van der Waals surface area contributed by atoms with Gasteiger partial charge in [-0.2, -0.15) is 0 Å². The first kappa shape index (κ1) is 13.0. The van der Waals surface area contributed by atoms with Crippen molar-refractivity contribution in [3.8, 4) is 0 Å². The lowest BCUT2D eigenvalue weighted by Gasteiger charge is -2.17. The molecular formula is C11H13N3O3. The van der Waals surface area contributed by atoms with Gasteiger partial charge in [0.05, 0.1) is 12.6 Å². The lowest BCUT2D eigenvalue weighted by molar-refractivity contribution is -0.154. The summed E-state index contributed by atoms with van der Waals surface area (Å²) in [5.41, 5.74) is 9.01. The number of carbonyl (C=O) groups excluding carboxylic acids is 1. The van der Waals surface area contributed by atoms with Gasteiger partial charge in [0.1, 0.15) is 0 Å². The van der Waals surface area contributed by atoms with E-state index in [1.807, 2.05) is 0 Å². The molecule has 0 aliphatic heterocycles. The van der Waals surface area contributed by atoms with Gasteiger partial charge < -0.3 is 9.84 Å². The van der Waals surface area contributed by atoms with Gasteiger partial charge in [-0.15, -0.1) is 0 Å². The number of esters is 1. The van der Waals surface area contributed by atoms with Crippen LogP contribution in [0.15, 0.2) is 35.4 Å². The van der Waals surface area contributed by atoms with Crippen LogP contribution in [0, 0.1) is 0 Å². The van der Waals surface area contributed by atoms with Crippen LogP contribution in [0.25, 0.3) is 10.4 Å². The minimum atomic E-state index is -1.49. The van der Waals surface area contributed by atoms with Crippen molar-refractivity contribution in [2.24, 2.45) is 5.11 Å². The lowest BCUT2D eigenvalue weighted by atomic mass is 10.0. The zero-order valence-corrected chi connectivity index (χ0v) is 9.35. The third-order valence-corrected chi connectivity index (χ3v) is 2.14. The molecule has 0 spiro atoms. The maximum absolute atomic E-state index is 11.4. The molecule has 6 heteroatoms. The van der Waals surface area contributed by atoms with E-state index in [1.165, 1.54) is 0 Å². The van der Waals surface area contributed by atoms with Crippen LogP contribution in [-0.2, 0) is 9.53 Å². The topological polar surface area (TPSA) is 95.3 Å². The van der Waals surface area contributed by atoms with Crippen LogP contribution in [0.4, 0.5) is 0 Å². The Morgan fingerprint density at radius 1 is 1.53 bits per heavy atom. The van der Waals surface area contributed by atoms with Crippen molar-refractivity contribution >= 4 is 5.97 Å². The Morgan fingerprint density at radius 2 is 2.18 bits per heavy atom. The summed E-state index contributed by atoms with van der Waals surface area (Å²) in [7, 11) is 0. The van der Waals surface area contributed by atoms with E-state index in [1.54, 1.807) is 37.3 Å². The molecule has 1 N–H and O–H groups in total. The quantitative estimate of drug-likeness (QED) is 0.365. The van der Waals surface area contributed by atoms with Gasteiger partial charge >= 0.3 is 5.97 Å². The fourth-order valence-electron chi connectivity index (χ4n) is 1.37. The minimum absolute atomic E-state index is 0.160. The molecule has 6 nitrogen and oxygen atoms in total. The first-order chi connectivity index (χ1) is 8.20. The number of nitrogens with zero attached hydrogens (tertiary/aromatic N) is 3. The molecule has 90 valence electrons. The fraction of sp³-hybridized carbons (Fsp3) is 0.364. The number of aliphatic hydroxyl groups excluding tert-OH is 1. The van der Waals surface area contributed by atoms with E-state index in [-0.39, 0.29) is 6.61 Å². The van der Waals surface area contributed by atoms with Crippen LogP contribution >= 0.6 is 0 Å². The predicted molar refractivity (Wildman–Crippen MR) is 61.0 cm³/mol. The average molecular weight is 235 g/mol. The standard InChI is InChI=1S/C11H13N3O3/c1-2-17-11(16)10(15)9(13-14-12)8-6-4-3-5-7-8/h3-7,9-10,15H,2H2,1H3. The van der Waals surface area contributed by atoms with E-state index < -0.39 is 18.1 Å². The fourth-order valence-corrected chi connectivity index (χ4v) is 1.37. The highest BCUT2D eigenvalue weighted by molar-refractivity contribution is 5.75. The zero-order valence-electron chi connectivity index (χ0n) is 9.35. The number of benzene rings is 1. The zero-order chi connectivity index (χ0) is 12.7. The molecule has 0 saturated heterocycles. The third kappa shape index (κ3) is 3.48. The molecule has 2 atom stereocenters. The molecular weight excluding hydrogens is 222 g/mol. The maximum Gasteiger partial charge on any atom is 0.335 e. The summed E-state index contributed by atoms with van der Waals surface area (Å²) in [5.74, 6) is -0.797. The number of hydrogen-bond acceptors (Lipinski definition) is 4. The van der Waals surface area contributed by atoms with E-state index in [0.29, 0.717) is 5.56 Å². The normalized spacial score (nSPS) is 13.3. The average Bonchev–Trinajstić information content (AvgIpc) is 2.36. The van der Waals surface area contributed by atoms with Gasteiger partial charge in [0.2, 0.25) is 0 Å². The van der Waals surface area contributed by atoms with Crippen LogP contribution in [0.1, 0.15) is 18.5 Å². The maximum atomic E-state index is 11.4. The summed E-state index contributed by atoms with van der Waals surface area (Å²) in [5, 5.41) is 13.2. The van der Waals surface area contributed by atoms with Crippen LogP contribution in [0.3, 0.4) is 0 Å². The summed E-state index contributed by atoms with van der Waals surface area (Å²) >= 11 is 0. The highest BCUT2D eigenvalue weighted by atomic mass is 16.5. The largest absolute Gasteiger partial charge is 0.464 e. The lowest BCUT2D eigenvalue weighted by Crippen LogP contribution is -2.28.